The normalized spacial score (nSPS) is 15.0. The van der Waals surface area contributed by atoms with E-state index < -0.39 is 17.8 Å². The zero-order chi connectivity index (χ0) is 15.4. The molecule has 0 aromatic heterocycles. The molecule has 2 amide bonds. The first-order valence-corrected chi connectivity index (χ1v) is 7.09. The molecule has 21 heavy (non-hydrogen) atoms. The molecule has 0 unspecified atom stereocenters. The first kappa shape index (κ1) is 15.6. The molecule has 0 saturated heterocycles. The molecule has 0 aliphatic heterocycles. The van der Waals surface area contributed by atoms with E-state index in [9.17, 15) is 14.0 Å². The largest absolute Gasteiger partial charge is 0.480 e. The number of carboxylic acids is 1. The van der Waals surface area contributed by atoms with Crippen LogP contribution in [0, 0.1) is 5.82 Å². The van der Waals surface area contributed by atoms with Crippen molar-refractivity contribution in [3.63, 3.8) is 0 Å². The molecule has 7 heteroatoms. The van der Waals surface area contributed by atoms with Gasteiger partial charge in [-0.15, -0.1) is 0 Å². The summed E-state index contributed by atoms with van der Waals surface area (Å²) in [5, 5.41) is 11.4. The van der Waals surface area contributed by atoms with Gasteiger partial charge in [-0.2, -0.15) is 0 Å². The van der Waals surface area contributed by atoms with Gasteiger partial charge >= 0.3 is 12.0 Å². The number of halogens is 2. The molecule has 1 aliphatic rings. The summed E-state index contributed by atoms with van der Waals surface area (Å²) in [5.74, 6) is -1.64. The Balaban J connectivity index is 2.09. The topological polar surface area (TPSA) is 69.6 Å². The van der Waals surface area contributed by atoms with Gasteiger partial charge in [-0.1, -0.05) is 24.4 Å². The second-order valence-corrected chi connectivity index (χ2v) is 5.43. The highest BCUT2D eigenvalue weighted by Gasteiger charge is 2.28. The molecule has 0 heterocycles. The quantitative estimate of drug-likeness (QED) is 0.895. The number of nitrogens with zero attached hydrogens (tertiary/aromatic N) is 1. The molecule has 0 bridgehead atoms. The highest BCUT2D eigenvalue weighted by atomic mass is 35.5. The van der Waals surface area contributed by atoms with E-state index in [4.69, 9.17) is 16.7 Å². The van der Waals surface area contributed by atoms with Gasteiger partial charge in [-0.25, -0.2) is 9.18 Å². The average molecular weight is 315 g/mol. The van der Waals surface area contributed by atoms with E-state index >= 15 is 0 Å². The maximum absolute atomic E-state index is 13.1. The number of rotatable bonds is 4. The molecule has 0 radical (unpaired) electrons. The fourth-order valence-corrected chi connectivity index (χ4v) is 2.68. The number of hydrogen-bond donors (Lipinski definition) is 2. The summed E-state index contributed by atoms with van der Waals surface area (Å²) in [4.78, 5) is 24.5. The SMILES string of the molecule is O=C(O)CN(C(=O)Nc1ccc(F)c(Cl)c1)C1CCCC1. The maximum Gasteiger partial charge on any atom is 0.323 e. The van der Waals surface area contributed by atoms with Gasteiger partial charge in [0.05, 0.1) is 5.02 Å². The third-order valence-corrected chi connectivity index (χ3v) is 3.79. The van der Waals surface area contributed by atoms with Gasteiger partial charge in [0.2, 0.25) is 0 Å². The molecule has 5 nitrogen and oxygen atoms in total. The van der Waals surface area contributed by atoms with Crippen molar-refractivity contribution < 1.29 is 19.1 Å². The van der Waals surface area contributed by atoms with Crippen molar-refractivity contribution in [2.45, 2.75) is 31.7 Å². The van der Waals surface area contributed by atoms with Gasteiger partial charge in [0.1, 0.15) is 12.4 Å². The van der Waals surface area contributed by atoms with E-state index in [1.807, 2.05) is 0 Å². The molecule has 1 aromatic rings. The van der Waals surface area contributed by atoms with Crippen LogP contribution < -0.4 is 5.32 Å². The van der Waals surface area contributed by atoms with Crippen LogP contribution in [0.4, 0.5) is 14.9 Å². The summed E-state index contributed by atoms with van der Waals surface area (Å²) in [5.41, 5.74) is 0.333. The zero-order valence-electron chi connectivity index (χ0n) is 11.3. The molecule has 1 fully saturated rings. The average Bonchev–Trinajstić information content (AvgIpc) is 2.93. The Kier molecular flexibility index (Phi) is 5.01. The fraction of sp³-hybridized carbons (Fsp3) is 0.429. The van der Waals surface area contributed by atoms with Gasteiger partial charge in [-0.05, 0) is 31.0 Å². The highest BCUT2D eigenvalue weighted by molar-refractivity contribution is 6.31. The summed E-state index contributed by atoms with van der Waals surface area (Å²) >= 11 is 5.65. The lowest BCUT2D eigenvalue weighted by molar-refractivity contribution is -0.138. The molecule has 0 atom stereocenters. The molecule has 1 aromatic carbocycles. The summed E-state index contributed by atoms with van der Waals surface area (Å²) in [7, 11) is 0. The van der Waals surface area contributed by atoms with Crippen molar-refractivity contribution in [3.8, 4) is 0 Å². The molecule has 0 spiro atoms. The Hall–Kier alpha value is -1.82. The molecule has 1 aliphatic carbocycles. The first-order chi connectivity index (χ1) is 9.97. The summed E-state index contributed by atoms with van der Waals surface area (Å²) in [6.45, 7) is -0.356. The van der Waals surface area contributed by atoms with Crippen molar-refractivity contribution >= 4 is 29.3 Å². The van der Waals surface area contributed by atoms with Gasteiger partial charge < -0.3 is 15.3 Å². The summed E-state index contributed by atoms with van der Waals surface area (Å²) < 4.78 is 13.1. The molecule has 2 rings (SSSR count). The third kappa shape index (κ3) is 4.07. The van der Waals surface area contributed by atoms with E-state index in [1.165, 1.54) is 17.0 Å². The number of hydrogen-bond acceptors (Lipinski definition) is 2. The minimum atomic E-state index is -1.06. The van der Waals surface area contributed by atoms with E-state index in [1.54, 1.807) is 0 Å². The van der Waals surface area contributed by atoms with Crippen LogP contribution in [0.15, 0.2) is 18.2 Å². The number of nitrogens with one attached hydrogen (secondary N) is 1. The van der Waals surface area contributed by atoms with E-state index in [0.29, 0.717) is 5.69 Å². The van der Waals surface area contributed by atoms with Crippen LogP contribution >= 0.6 is 11.6 Å². The third-order valence-electron chi connectivity index (χ3n) is 3.50. The van der Waals surface area contributed by atoms with E-state index in [-0.39, 0.29) is 17.6 Å². The number of aliphatic carboxylic acids is 1. The Labute approximate surface area is 126 Å². The lowest BCUT2D eigenvalue weighted by Gasteiger charge is -2.27. The van der Waals surface area contributed by atoms with Crippen molar-refractivity contribution in [2.24, 2.45) is 0 Å². The number of urea groups is 1. The molecular weight excluding hydrogens is 299 g/mol. The van der Waals surface area contributed by atoms with Crippen molar-refractivity contribution in [1.82, 2.24) is 4.90 Å². The van der Waals surface area contributed by atoms with E-state index in [2.05, 4.69) is 5.32 Å². The predicted octanol–water partition coefficient (Wildman–Crippen LogP) is 3.34. The van der Waals surface area contributed by atoms with Crippen LogP contribution in [0.2, 0.25) is 5.02 Å². The number of amides is 2. The predicted molar refractivity (Wildman–Crippen MR) is 77.0 cm³/mol. The maximum atomic E-state index is 13.1. The van der Waals surface area contributed by atoms with Gasteiger partial charge in [-0.3, -0.25) is 4.79 Å². The number of carbonyl (C=O) groups is 2. The number of benzene rings is 1. The van der Waals surface area contributed by atoms with Gasteiger partial charge in [0, 0.05) is 11.7 Å². The number of carboxylic acid groups (broad SMARTS) is 1. The van der Waals surface area contributed by atoms with Crippen molar-refractivity contribution in [1.29, 1.82) is 0 Å². The van der Waals surface area contributed by atoms with E-state index in [0.717, 1.165) is 31.7 Å². The van der Waals surface area contributed by atoms with Gasteiger partial charge in [0.15, 0.2) is 0 Å². The lowest BCUT2D eigenvalue weighted by Crippen LogP contribution is -2.44. The number of carbonyl (C=O) groups excluding carboxylic acids is 1. The fourth-order valence-electron chi connectivity index (χ4n) is 2.50. The first-order valence-electron chi connectivity index (χ1n) is 6.72. The van der Waals surface area contributed by atoms with Crippen LogP contribution in [0.1, 0.15) is 25.7 Å². The second kappa shape index (κ2) is 6.76. The Morgan fingerprint density at radius 3 is 2.62 bits per heavy atom. The Bertz CT molecular complexity index is 547. The Morgan fingerprint density at radius 1 is 1.38 bits per heavy atom. The molecular formula is C14H16ClFN2O3. The van der Waals surface area contributed by atoms with Gasteiger partial charge in [0.25, 0.3) is 0 Å². The van der Waals surface area contributed by atoms with Crippen LogP contribution in [0.25, 0.3) is 0 Å². The van der Waals surface area contributed by atoms with Crippen molar-refractivity contribution in [2.75, 3.05) is 11.9 Å². The monoisotopic (exact) mass is 314 g/mol. The smallest absolute Gasteiger partial charge is 0.323 e. The Morgan fingerprint density at radius 2 is 2.05 bits per heavy atom. The highest BCUT2D eigenvalue weighted by Crippen LogP contribution is 2.25. The summed E-state index contributed by atoms with van der Waals surface area (Å²) in [6, 6.07) is 3.24. The minimum Gasteiger partial charge on any atom is -0.480 e. The minimum absolute atomic E-state index is 0.0722. The molecule has 1 saturated carbocycles. The molecule has 114 valence electrons. The second-order valence-electron chi connectivity index (χ2n) is 5.02. The van der Waals surface area contributed by atoms with Crippen LogP contribution in [0.5, 0.6) is 0 Å². The summed E-state index contributed by atoms with van der Waals surface area (Å²) in [6.07, 6.45) is 3.56. The molecule has 2 N–H and O–H groups in total. The standard InChI is InChI=1S/C14H16ClFN2O3/c15-11-7-9(5-6-12(11)16)17-14(21)18(8-13(19)20)10-3-1-2-4-10/h5-7,10H,1-4,8H2,(H,17,21)(H,19,20). The van der Waals surface area contributed by atoms with Crippen molar-refractivity contribution in [3.05, 3.63) is 29.0 Å². The zero-order valence-corrected chi connectivity index (χ0v) is 12.1. The van der Waals surface area contributed by atoms with Crippen LogP contribution in [-0.4, -0.2) is 34.6 Å². The number of anilines is 1. The van der Waals surface area contributed by atoms with Crippen LogP contribution in [0.3, 0.4) is 0 Å². The van der Waals surface area contributed by atoms with Crippen LogP contribution in [-0.2, 0) is 4.79 Å². The lowest BCUT2D eigenvalue weighted by atomic mass is 10.2.